The molecule has 0 aliphatic rings. The largest absolute Gasteiger partial charge is 0.490 e. The number of benzene rings is 1. The highest BCUT2D eigenvalue weighted by Gasteiger charge is 2.15. The third kappa shape index (κ3) is 9.42. The van der Waals surface area contributed by atoms with Crippen LogP contribution in [0.15, 0.2) is 23.2 Å². The van der Waals surface area contributed by atoms with Crippen molar-refractivity contribution in [2.45, 2.75) is 53.3 Å². The second-order valence-electron chi connectivity index (χ2n) is 6.85. The Bertz CT molecular complexity index is 590. The summed E-state index contributed by atoms with van der Waals surface area (Å²) in [5.74, 6) is 0.930. The third-order valence-corrected chi connectivity index (χ3v) is 3.39. The number of para-hydroxylation sites is 1. The molecule has 0 heterocycles. The van der Waals surface area contributed by atoms with Crippen LogP contribution in [0.2, 0.25) is 0 Å². The van der Waals surface area contributed by atoms with Crippen molar-refractivity contribution in [3.05, 3.63) is 23.8 Å². The molecule has 0 aliphatic carbocycles. The average molecular weight is 386 g/mol. The number of guanidine groups is 1. The molecule has 0 unspecified atom stereocenters. The van der Waals surface area contributed by atoms with Crippen molar-refractivity contribution in [1.82, 2.24) is 16.0 Å². The van der Waals surface area contributed by atoms with Crippen molar-refractivity contribution in [3.8, 4) is 11.5 Å². The molecule has 0 saturated carbocycles. The van der Waals surface area contributed by atoms with Gasteiger partial charge in [-0.05, 0) is 40.7 Å². The first-order chi connectivity index (χ1) is 12.8. The van der Waals surface area contributed by atoms with Gasteiger partial charge in [-0.15, -0.1) is 0 Å². The molecule has 1 aromatic rings. The second-order valence-corrected chi connectivity index (χ2v) is 6.85. The molecule has 0 spiro atoms. The van der Waals surface area contributed by atoms with Crippen molar-refractivity contribution in [2.75, 3.05) is 26.2 Å². The Morgan fingerprint density at radius 3 is 2.48 bits per heavy atom. The molecule has 0 aliphatic heterocycles. The number of ether oxygens (including phenoxy) is 2. The van der Waals surface area contributed by atoms with Gasteiger partial charge in [-0.2, -0.15) is 8.78 Å². The van der Waals surface area contributed by atoms with E-state index in [4.69, 9.17) is 4.74 Å². The van der Waals surface area contributed by atoms with Crippen LogP contribution in [-0.2, 0) is 6.54 Å². The molecular weight excluding hydrogens is 354 g/mol. The van der Waals surface area contributed by atoms with Crippen LogP contribution in [0.4, 0.5) is 8.78 Å². The summed E-state index contributed by atoms with van der Waals surface area (Å²) in [5.41, 5.74) is 0.574. The highest BCUT2D eigenvalue weighted by atomic mass is 19.3. The minimum atomic E-state index is -2.93. The molecule has 6 nitrogen and oxygen atoms in total. The Kier molecular flexibility index (Phi) is 9.85. The summed E-state index contributed by atoms with van der Waals surface area (Å²) in [7, 11) is 0. The molecule has 0 aromatic heterocycles. The van der Waals surface area contributed by atoms with Crippen LogP contribution in [0.3, 0.4) is 0 Å². The predicted molar refractivity (Wildman–Crippen MR) is 105 cm³/mol. The van der Waals surface area contributed by atoms with E-state index in [1.54, 1.807) is 25.1 Å². The Labute approximate surface area is 160 Å². The molecule has 0 fully saturated rings. The van der Waals surface area contributed by atoms with Crippen molar-refractivity contribution in [1.29, 1.82) is 0 Å². The molecule has 0 bridgehead atoms. The SMILES string of the molecule is CCNC(=NCc1cccc(OCC)c1OC(F)F)NCCNC(C)(C)C. The van der Waals surface area contributed by atoms with Gasteiger partial charge >= 0.3 is 6.61 Å². The molecule has 8 heteroatoms. The van der Waals surface area contributed by atoms with E-state index >= 15 is 0 Å². The van der Waals surface area contributed by atoms with Gasteiger partial charge in [0.1, 0.15) is 0 Å². The van der Waals surface area contributed by atoms with E-state index in [1.165, 1.54) is 0 Å². The first kappa shape index (κ1) is 23.0. The van der Waals surface area contributed by atoms with Gasteiger partial charge in [-0.3, -0.25) is 0 Å². The third-order valence-electron chi connectivity index (χ3n) is 3.39. The minimum Gasteiger partial charge on any atom is -0.490 e. The van der Waals surface area contributed by atoms with E-state index in [1.807, 2.05) is 6.92 Å². The Morgan fingerprint density at radius 1 is 1.15 bits per heavy atom. The van der Waals surface area contributed by atoms with Gasteiger partial charge in [-0.25, -0.2) is 4.99 Å². The zero-order valence-electron chi connectivity index (χ0n) is 16.9. The normalized spacial score (nSPS) is 12.2. The number of nitrogens with one attached hydrogen (secondary N) is 3. The summed E-state index contributed by atoms with van der Waals surface area (Å²) in [4.78, 5) is 4.47. The molecule has 1 aromatic carbocycles. The quantitative estimate of drug-likeness (QED) is 0.328. The van der Waals surface area contributed by atoms with Crippen LogP contribution in [0, 0.1) is 0 Å². The van der Waals surface area contributed by atoms with E-state index in [2.05, 4.69) is 46.5 Å². The summed E-state index contributed by atoms with van der Waals surface area (Å²) in [5, 5.41) is 9.74. The molecule has 27 heavy (non-hydrogen) atoms. The van der Waals surface area contributed by atoms with Crippen LogP contribution in [0.5, 0.6) is 11.5 Å². The fourth-order valence-electron chi connectivity index (χ4n) is 2.30. The summed E-state index contributed by atoms with van der Waals surface area (Å²) < 4.78 is 35.7. The maximum atomic E-state index is 12.8. The monoisotopic (exact) mass is 386 g/mol. The van der Waals surface area contributed by atoms with Gasteiger partial charge in [0.15, 0.2) is 17.5 Å². The van der Waals surface area contributed by atoms with E-state index in [9.17, 15) is 8.78 Å². The van der Waals surface area contributed by atoms with Crippen LogP contribution in [0.25, 0.3) is 0 Å². The first-order valence-corrected chi connectivity index (χ1v) is 9.23. The Hall–Kier alpha value is -2.09. The number of aliphatic imine (C=N–C) groups is 1. The summed E-state index contributed by atoms with van der Waals surface area (Å²) in [6.45, 7) is 9.81. The zero-order chi connectivity index (χ0) is 20.3. The summed E-state index contributed by atoms with van der Waals surface area (Å²) in [6, 6.07) is 5.05. The number of rotatable bonds is 10. The molecule has 3 N–H and O–H groups in total. The lowest BCUT2D eigenvalue weighted by molar-refractivity contribution is -0.0520. The topological polar surface area (TPSA) is 66.9 Å². The van der Waals surface area contributed by atoms with E-state index in [-0.39, 0.29) is 23.6 Å². The number of halogens is 2. The number of hydrogen-bond acceptors (Lipinski definition) is 4. The van der Waals surface area contributed by atoms with E-state index in [0.717, 1.165) is 6.54 Å². The van der Waals surface area contributed by atoms with Crippen molar-refractivity contribution in [2.24, 2.45) is 4.99 Å². The van der Waals surface area contributed by atoms with Crippen molar-refractivity contribution < 1.29 is 18.3 Å². The zero-order valence-corrected chi connectivity index (χ0v) is 16.9. The minimum absolute atomic E-state index is 0.0309. The molecule has 0 amide bonds. The average Bonchev–Trinajstić information content (AvgIpc) is 2.57. The van der Waals surface area contributed by atoms with Crippen molar-refractivity contribution >= 4 is 5.96 Å². The molecule has 154 valence electrons. The Morgan fingerprint density at radius 2 is 1.89 bits per heavy atom. The van der Waals surface area contributed by atoms with Crippen molar-refractivity contribution in [3.63, 3.8) is 0 Å². The van der Waals surface area contributed by atoms with Crippen LogP contribution in [0.1, 0.15) is 40.2 Å². The van der Waals surface area contributed by atoms with Gasteiger partial charge in [0.2, 0.25) is 0 Å². The lowest BCUT2D eigenvalue weighted by Crippen LogP contribution is -2.44. The lowest BCUT2D eigenvalue weighted by Gasteiger charge is -2.21. The van der Waals surface area contributed by atoms with Gasteiger partial charge < -0.3 is 25.4 Å². The lowest BCUT2D eigenvalue weighted by atomic mass is 10.1. The van der Waals surface area contributed by atoms with Gasteiger partial charge in [-0.1, -0.05) is 12.1 Å². The van der Waals surface area contributed by atoms with Gasteiger partial charge in [0, 0.05) is 30.7 Å². The summed E-state index contributed by atoms with van der Waals surface area (Å²) in [6.07, 6.45) is 0. The highest BCUT2D eigenvalue weighted by Crippen LogP contribution is 2.33. The molecule has 1 rings (SSSR count). The van der Waals surface area contributed by atoms with Crippen LogP contribution >= 0.6 is 0 Å². The number of nitrogens with zero attached hydrogens (tertiary/aromatic N) is 1. The molecular formula is C19H32F2N4O2. The Balaban J connectivity index is 2.83. The van der Waals surface area contributed by atoms with Gasteiger partial charge in [0.25, 0.3) is 0 Å². The van der Waals surface area contributed by atoms with Crippen LogP contribution in [-0.4, -0.2) is 44.4 Å². The number of hydrogen-bond donors (Lipinski definition) is 3. The van der Waals surface area contributed by atoms with Crippen LogP contribution < -0.4 is 25.4 Å². The predicted octanol–water partition coefficient (Wildman–Crippen LogP) is 3.13. The molecule has 0 radical (unpaired) electrons. The molecule has 0 atom stereocenters. The number of alkyl halides is 2. The van der Waals surface area contributed by atoms with E-state index in [0.29, 0.717) is 31.2 Å². The fraction of sp³-hybridized carbons (Fsp3) is 0.632. The smallest absolute Gasteiger partial charge is 0.387 e. The van der Waals surface area contributed by atoms with E-state index < -0.39 is 6.61 Å². The summed E-state index contributed by atoms with van der Waals surface area (Å²) >= 11 is 0. The van der Waals surface area contributed by atoms with Gasteiger partial charge in [0.05, 0.1) is 13.2 Å². The first-order valence-electron chi connectivity index (χ1n) is 9.23. The standard InChI is InChI=1S/C19H32F2N4O2/c1-6-22-18(23-11-12-25-19(3,4)5)24-13-14-9-8-10-15(26-7-2)16(14)27-17(20)21/h8-10,17,25H,6-7,11-13H2,1-5H3,(H2,22,23,24). The molecule has 0 saturated heterocycles. The maximum Gasteiger partial charge on any atom is 0.387 e. The highest BCUT2D eigenvalue weighted by molar-refractivity contribution is 5.79. The maximum absolute atomic E-state index is 12.8. The second kappa shape index (κ2) is 11.6. The fourth-order valence-corrected chi connectivity index (χ4v) is 2.30.